The highest BCUT2D eigenvalue weighted by Crippen LogP contribution is 2.34. The van der Waals surface area contributed by atoms with E-state index in [-0.39, 0.29) is 18.4 Å². The molecule has 0 spiro atoms. The van der Waals surface area contributed by atoms with Crippen molar-refractivity contribution in [2.45, 2.75) is 45.8 Å². The van der Waals surface area contributed by atoms with Crippen molar-refractivity contribution in [2.75, 3.05) is 25.7 Å². The number of carbonyl (C=O) groups excluding carboxylic acids is 2. The Morgan fingerprint density at radius 3 is 2.20 bits per heavy atom. The van der Waals surface area contributed by atoms with E-state index in [0.29, 0.717) is 46.1 Å². The Morgan fingerprint density at radius 2 is 1.60 bits per heavy atom. The van der Waals surface area contributed by atoms with Gasteiger partial charge < -0.3 is 19.5 Å². The molecule has 10 heteroatoms. The Kier molecular flexibility index (Phi) is 8.57. The van der Waals surface area contributed by atoms with E-state index in [1.165, 1.54) is 23.8 Å². The summed E-state index contributed by atoms with van der Waals surface area (Å²) in [5.74, 6) is 0.900. The summed E-state index contributed by atoms with van der Waals surface area (Å²) < 4.78 is 18.1. The van der Waals surface area contributed by atoms with E-state index < -0.39 is 11.6 Å². The summed E-state index contributed by atoms with van der Waals surface area (Å²) in [6.07, 6.45) is 0. The van der Waals surface area contributed by atoms with Crippen LogP contribution in [0.2, 0.25) is 0 Å². The fourth-order valence-electron chi connectivity index (χ4n) is 4.39. The highest BCUT2D eigenvalue weighted by atomic mass is 16.5. The minimum Gasteiger partial charge on any atom is -0.497 e. The molecule has 0 fully saturated rings. The van der Waals surface area contributed by atoms with Crippen molar-refractivity contribution < 1.29 is 23.8 Å². The number of anilines is 1. The number of nitrogens with one attached hydrogen (secondary N) is 1. The molecule has 4 rings (SSSR count). The average molecular weight is 546 g/mol. The molecule has 210 valence electrons. The van der Waals surface area contributed by atoms with Gasteiger partial charge in [-0.2, -0.15) is 0 Å². The Hall–Kier alpha value is -4.60. The lowest BCUT2D eigenvalue weighted by Crippen LogP contribution is -2.50. The smallest absolute Gasteiger partial charge is 0.249 e. The molecule has 0 aliphatic heterocycles. The van der Waals surface area contributed by atoms with Gasteiger partial charge in [-0.15, -0.1) is 5.10 Å². The van der Waals surface area contributed by atoms with E-state index in [1.807, 2.05) is 52.0 Å². The number of benzene rings is 3. The number of aromatic nitrogens is 3. The molecule has 0 aliphatic carbocycles. The maximum absolute atomic E-state index is 14.2. The zero-order valence-electron chi connectivity index (χ0n) is 23.7. The minimum atomic E-state index is -1.07. The van der Waals surface area contributed by atoms with Crippen molar-refractivity contribution in [3.63, 3.8) is 0 Å². The van der Waals surface area contributed by atoms with Gasteiger partial charge >= 0.3 is 0 Å². The average Bonchev–Trinajstić information content (AvgIpc) is 3.33. The van der Waals surface area contributed by atoms with Crippen molar-refractivity contribution in [3.05, 3.63) is 72.3 Å². The van der Waals surface area contributed by atoms with Crippen LogP contribution in [0.1, 0.15) is 39.3 Å². The first-order valence-corrected chi connectivity index (χ1v) is 13.0. The van der Waals surface area contributed by atoms with Crippen molar-refractivity contribution in [2.24, 2.45) is 0 Å². The second-order valence-electron chi connectivity index (χ2n) is 10.2. The SMILES string of the molecule is CCOc1ccc(N(C(=O)Cn2nnc3ccccc32)[C@@H](C(=O)NC(C)(C)C)c2cc(OC)cc(OC)c2)cc1. The molecule has 1 N–H and O–H groups in total. The van der Waals surface area contributed by atoms with Crippen LogP contribution < -0.4 is 24.4 Å². The van der Waals surface area contributed by atoms with Crippen LogP contribution in [0.25, 0.3) is 11.0 Å². The van der Waals surface area contributed by atoms with E-state index in [2.05, 4.69) is 15.6 Å². The Labute approximate surface area is 233 Å². The predicted molar refractivity (Wildman–Crippen MR) is 153 cm³/mol. The van der Waals surface area contributed by atoms with Gasteiger partial charge in [-0.05, 0) is 81.8 Å². The van der Waals surface area contributed by atoms with Crippen molar-refractivity contribution in [3.8, 4) is 17.2 Å². The topological polar surface area (TPSA) is 108 Å². The third-order valence-electron chi connectivity index (χ3n) is 6.09. The number of fused-ring (bicyclic) bond motifs is 1. The minimum absolute atomic E-state index is 0.145. The summed E-state index contributed by atoms with van der Waals surface area (Å²) in [7, 11) is 3.07. The Morgan fingerprint density at radius 1 is 0.950 bits per heavy atom. The summed E-state index contributed by atoms with van der Waals surface area (Å²) >= 11 is 0. The number of amides is 2. The molecule has 0 saturated heterocycles. The number of hydrogen-bond acceptors (Lipinski definition) is 7. The second kappa shape index (κ2) is 12.1. The molecule has 1 aromatic heterocycles. The molecule has 1 atom stereocenters. The Bertz CT molecular complexity index is 1450. The first kappa shape index (κ1) is 28.4. The van der Waals surface area contributed by atoms with Crippen molar-refractivity contribution >= 4 is 28.5 Å². The Balaban J connectivity index is 1.87. The van der Waals surface area contributed by atoms with Gasteiger partial charge in [0.05, 0.1) is 26.3 Å². The quantitative estimate of drug-likeness (QED) is 0.312. The molecule has 4 aromatic rings. The van der Waals surface area contributed by atoms with E-state index >= 15 is 0 Å². The van der Waals surface area contributed by atoms with Crippen LogP contribution in [0.5, 0.6) is 17.2 Å². The van der Waals surface area contributed by atoms with Crippen LogP contribution in [0.3, 0.4) is 0 Å². The molecule has 0 bridgehead atoms. The van der Waals surface area contributed by atoms with Gasteiger partial charge in [0.2, 0.25) is 11.8 Å². The fourth-order valence-corrected chi connectivity index (χ4v) is 4.39. The van der Waals surface area contributed by atoms with Crippen LogP contribution >= 0.6 is 0 Å². The number of para-hydroxylation sites is 1. The molecule has 3 aromatic carbocycles. The standard InChI is InChI=1S/C30H35N5O5/c1-7-40-22-14-12-21(13-15-22)35(27(36)19-34-26-11-9-8-10-25(26)32-33-34)28(29(37)31-30(2,3)4)20-16-23(38-5)18-24(17-20)39-6/h8-18,28H,7,19H2,1-6H3,(H,31,37)/t28-/m1/s1. The molecule has 0 radical (unpaired) electrons. The maximum Gasteiger partial charge on any atom is 0.249 e. The normalized spacial score (nSPS) is 12.1. The number of carbonyl (C=O) groups is 2. The molecule has 0 aliphatic rings. The summed E-state index contributed by atoms with van der Waals surface area (Å²) in [6, 6.07) is 18.6. The van der Waals surface area contributed by atoms with Crippen LogP contribution in [0, 0.1) is 0 Å². The third kappa shape index (κ3) is 6.51. The third-order valence-corrected chi connectivity index (χ3v) is 6.09. The molecule has 0 unspecified atom stereocenters. The fraction of sp³-hybridized carbons (Fsp3) is 0.333. The van der Waals surface area contributed by atoms with Crippen LogP contribution in [-0.2, 0) is 16.1 Å². The van der Waals surface area contributed by atoms with Gasteiger partial charge in [0.15, 0.2) is 0 Å². The molecule has 2 amide bonds. The molecule has 40 heavy (non-hydrogen) atoms. The van der Waals surface area contributed by atoms with Gasteiger partial charge in [-0.1, -0.05) is 17.3 Å². The number of ether oxygens (including phenoxy) is 3. The summed E-state index contributed by atoms with van der Waals surface area (Å²) in [4.78, 5) is 29.7. The molecule has 0 saturated carbocycles. The highest BCUT2D eigenvalue weighted by molar-refractivity contribution is 6.01. The summed E-state index contributed by atoms with van der Waals surface area (Å²) in [5, 5.41) is 11.4. The number of methoxy groups -OCH3 is 2. The zero-order valence-corrected chi connectivity index (χ0v) is 23.7. The molecular weight excluding hydrogens is 510 g/mol. The molecule has 10 nitrogen and oxygen atoms in total. The van der Waals surface area contributed by atoms with Crippen LogP contribution in [-0.4, -0.2) is 53.2 Å². The van der Waals surface area contributed by atoms with Crippen LogP contribution in [0.4, 0.5) is 5.69 Å². The second-order valence-corrected chi connectivity index (χ2v) is 10.2. The van der Waals surface area contributed by atoms with E-state index in [9.17, 15) is 9.59 Å². The summed E-state index contributed by atoms with van der Waals surface area (Å²) in [6.45, 7) is 7.92. The number of hydrogen-bond donors (Lipinski definition) is 1. The van der Waals surface area contributed by atoms with Gasteiger partial charge in [-0.3, -0.25) is 14.5 Å². The first-order chi connectivity index (χ1) is 19.1. The molecule has 1 heterocycles. The highest BCUT2D eigenvalue weighted by Gasteiger charge is 2.35. The lowest BCUT2D eigenvalue weighted by molar-refractivity contribution is -0.128. The number of nitrogens with zero attached hydrogens (tertiary/aromatic N) is 4. The first-order valence-electron chi connectivity index (χ1n) is 13.0. The van der Waals surface area contributed by atoms with E-state index in [1.54, 1.807) is 42.5 Å². The van der Waals surface area contributed by atoms with Crippen LogP contribution in [0.15, 0.2) is 66.7 Å². The van der Waals surface area contributed by atoms with E-state index in [4.69, 9.17) is 14.2 Å². The summed E-state index contributed by atoms with van der Waals surface area (Å²) in [5.41, 5.74) is 1.84. The van der Waals surface area contributed by atoms with E-state index in [0.717, 1.165) is 0 Å². The lowest BCUT2D eigenvalue weighted by atomic mass is 10.00. The van der Waals surface area contributed by atoms with Gasteiger partial charge in [0.25, 0.3) is 0 Å². The zero-order chi connectivity index (χ0) is 28.9. The largest absolute Gasteiger partial charge is 0.497 e. The maximum atomic E-state index is 14.2. The van der Waals surface area contributed by atoms with Gasteiger partial charge in [0, 0.05) is 17.3 Å². The predicted octanol–water partition coefficient (Wildman–Crippen LogP) is 4.54. The van der Waals surface area contributed by atoms with Gasteiger partial charge in [0.1, 0.15) is 35.4 Å². The van der Waals surface area contributed by atoms with Crippen molar-refractivity contribution in [1.29, 1.82) is 0 Å². The van der Waals surface area contributed by atoms with Crippen molar-refractivity contribution in [1.82, 2.24) is 20.3 Å². The monoisotopic (exact) mass is 545 g/mol. The molecular formula is C30H35N5O5. The number of rotatable bonds is 10. The lowest BCUT2D eigenvalue weighted by Gasteiger charge is -2.34. The van der Waals surface area contributed by atoms with Gasteiger partial charge in [-0.25, -0.2) is 4.68 Å².